The van der Waals surface area contributed by atoms with Crippen molar-refractivity contribution in [2.45, 2.75) is 90.4 Å². The number of ether oxygens (including phenoxy) is 1. The second-order valence-corrected chi connectivity index (χ2v) is 5.93. The van der Waals surface area contributed by atoms with Crippen molar-refractivity contribution < 1.29 is 9.53 Å². The predicted octanol–water partition coefficient (Wildman–Crippen LogP) is 6.36. The predicted molar refractivity (Wildman–Crippen MR) is 96.0 cm³/mol. The van der Waals surface area contributed by atoms with Gasteiger partial charge in [0, 0.05) is 6.08 Å². The van der Waals surface area contributed by atoms with Crippen molar-refractivity contribution in [2.75, 3.05) is 6.61 Å². The van der Waals surface area contributed by atoms with Crippen molar-refractivity contribution in [3.8, 4) is 0 Å². The Bertz CT molecular complexity index is 281. The van der Waals surface area contributed by atoms with Gasteiger partial charge in [-0.3, -0.25) is 0 Å². The zero-order valence-electron chi connectivity index (χ0n) is 14.7. The zero-order chi connectivity index (χ0) is 16.3. The summed E-state index contributed by atoms with van der Waals surface area (Å²) in [6, 6.07) is 0. The summed E-state index contributed by atoms with van der Waals surface area (Å²) in [5.74, 6) is -0.304. The molecule has 0 bridgehead atoms. The van der Waals surface area contributed by atoms with E-state index < -0.39 is 0 Å². The molecule has 0 aliphatic carbocycles. The molecule has 0 aliphatic rings. The van der Waals surface area contributed by atoms with Gasteiger partial charge in [-0.05, 0) is 25.7 Å². The first kappa shape index (κ1) is 20.9. The molecule has 0 aromatic carbocycles. The average molecular weight is 309 g/mol. The van der Waals surface area contributed by atoms with Crippen molar-refractivity contribution >= 4 is 5.97 Å². The van der Waals surface area contributed by atoms with Crippen LogP contribution in [0.2, 0.25) is 0 Å². The number of carbonyl (C=O) groups is 1. The molecule has 22 heavy (non-hydrogen) atoms. The van der Waals surface area contributed by atoms with Crippen LogP contribution in [0, 0.1) is 0 Å². The van der Waals surface area contributed by atoms with Gasteiger partial charge in [0.1, 0.15) is 0 Å². The minimum absolute atomic E-state index is 0.304. The maximum absolute atomic E-state index is 10.8. The van der Waals surface area contributed by atoms with Crippen LogP contribution in [0.4, 0.5) is 0 Å². The van der Waals surface area contributed by atoms with E-state index in [4.69, 9.17) is 4.74 Å². The first-order valence-corrected chi connectivity index (χ1v) is 9.25. The number of esters is 1. The first-order chi connectivity index (χ1) is 10.8. The Kier molecular flexibility index (Phi) is 17.1. The van der Waals surface area contributed by atoms with Crippen LogP contribution in [-0.2, 0) is 9.53 Å². The second-order valence-electron chi connectivity index (χ2n) is 5.93. The van der Waals surface area contributed by atoms with Crippen molar-refractivity contribution in [2.24, 2.45) is 0 Å². The Balaban J connectivity index is 3.04. The van der Waals surface area contributed by atoms with E-state index in [0.29, 0.717) is 6.61 Å². The minimum atomic E-state index is -0.304. The van der Waals surface area contributed by atoms with Gasteiger partial charge < -0.3 is 4.74 Å². The van der Waals surface area contributed by atoms with Crippen LogP contribution in [-0.4, -0.2) is 12.6 Å². The van der Waals surface area contributed by atoms with Gasteiger partial charge in [0.2, 0.25) is 0 Å². The third-order valence-corrected chi connectivity index (χ3v) is 3.83. The molecule has 0 heterocycles. The molecule has 0 aliphatic heterocycles. The van der Waals surface area contributed by atoms with E-state index in [-0.39, 0.29) is 5.97 Å². The smallest absolute Gasteiger partial charge is 0.330 e. The summed E-state index contributed by atoms with van der Waals surface area (Å²) in [6.45, 7) is 6.10. The van der Waals surface area contributed by atoms with Gasteiger partial charge in [-0.25, -0.2) is 4.79 Å². The highest BCUT2D eigenvalue weighted by Crippen LogP contribution is 2.12. The van der Waals surface area contributed by atoms with Gasteiger partial charge >= 0.3 is 5.97 Å². The number of unbranched alkanes of at least 4 members (excludes halogenated alkanes) is 11. The molecule has 0 atom stereocenters. The third kappa shape index (κ3) is 17.0. The molecule has 0 spiro atoms. The molecule has 0 N–H and O–H groups in total. The van der Waals surface area contributed by atoms with Crippen LogP contribution in [0.5, 0.6) is 0 Å². The van der Waals surface area contributed by atoms with Crippen molar-refractivity contribution in [3.63, 3.8) is 0 Å². The Hall–Kier alpha value is -1.05. The molecule has 128 valence electrons. The number of carbonyl (C=O) groups excluding carboxylic acids is 1. The molecule has 0 rings (SSSR count). The van der Waals surface area contributed by atoms with E-state index in [1.165, 1.54) is 76.7 Å². The topological polar surface area (TPSA) is 26.3 Å². The summed E-state index contributed by atoms with van der Waals surface area (Å²) >= 11 is 0. The number of hydrogen-bond acceptors (Lipinski definition) is 2. The van der Waals surface area contributed by atoms with E-state index >= 15 is 0 Å². The molecular formula is C20H36O2. The number of hydrogen-bond donors (Lipinski definition) is 0. The van der Waals surface area contributed by atoms with Crippen LogP contribution < -0.4 is 0 Å². The van der Waals surface area contributed by atoms with Crippen LogP contribution in [0.15, 0.2) is 24.8 Å². The molecule has 2 heteroatoms. The number of allylic oxidation sites excluding steroid dienone is 2. The fraction of sp³-hybridized carbons (Fsp3) is 0.750. The molecule has 0 aromatic rings. The Morgan fingerprint density at radius 1 is 0.818 bits per heavy atom. The lowest BCUT2D eigenvalue weighted by Gasteiger charge is -2.03. The quantitative estimate of drug-likeness (QED) is 0.143. The maximum atomic E-state index is 10.8. The Labute approximate surface area is 138 Å². The van der Waals surface area contributed by atoms with E-state index in [2.05, 4.69) is 25.7 Å². The summed E-state index contributed by atoms with van der Waals surface area (Å²) in [5.41, 5.74) is 0. The molecule has 0 unspecified atom stereocenters. The van der Waals surface area contributed by atoms with Gasteiger partial charge in [-0.1, -0.05) is 83.4 Å². The highest BCUT2D eigenvalue weighted by Gasteiger charge is 1.96. The highest BCUT2D eigenvalue weighted by molar-refractivity contribution is 5.81. The van der Waals surface area contributed by atoms with Crippen molar-refractivity contribution in [1.82, 2.24) is 0 Å². The monoisotopic (exact) mass is 308 g/mol. The summed E-state index contributed by atoms with van der Waals surface area (Å²) in [7, 11) is 0. The zero-order valence-corrected chi connectivity index (χ0v) is 14.7. The standard InChI is InChI=1S/C20H36O2/c1-3-5-6-7-8-9-10-11-12-13-14-15-16-17-18-19-22-20(21)4-2/h4-6H,2-3,7-19H2,1H3/b6-5+. The van der Waals surface area contributed by atoms with E-state index in [1.807, 2.05) is 0 Å². The van der Waals surface area contributed by atoms with Crippen molar-refractivity contribution in [3.05, 3.63) is 24.8 Å². The van der Waals surface area contributed by atoms with E-state index in [1.54, 1.807) is 0 Å². The van der Waals surface area contributed by atoms with E-state index in [9.17, 15) is 4.79 Å². The third-order valence-electron chi connectivity index (χ3n) is 3.83. The normalized spacial score (nSPS) is 11.0. The lowest BCUT2D eigenvalue weighted by Crippen LogP contribution is -2.01. The summed E-state index contributed by atoms with van der Waals surface area (Å²) < 4.78 is 4.94. The van der Waals surface area contributed by atoms with Gasteiger partial charge in [-0.15, -0.1) is 0 Å². The summed E-state index contributed by atoms with van der Waals surface area (Å²) in [5, 5.41) is 0. The molecule has 0 saturated carbocycles. The molecule has 0 fully saturated rings. The largest absolute Gasteiger partial charge is 0.463 e. The van der Waals surface area contributed by atoms with Gasteiger partial charge in [-0.2, -0.15) is 0 Å². The van der Waals surface area contributed by atoms with Gasteiger partial charge in [0.25, 0.3) is 0 Å². The van der Waals surface area contributed by atoms with Gasteiger partial charge in [0.05, 0.1) is 6.61 Å². The maximum Gasteiger partial charge on any atom is 0.330 e. The molecule has 2 nitrogen and oxygen atoms in total. The second kappa shape index (κ2) is 18.0. The van der Waals surface area contributed by atoms with Gasteiger partial charge in [0.15, 0.2) is 0 Å². The minimum Gasteiger partial charge on any atom is -0.463 e. The van der Waals surface area contributed by atoms with Crippen LogP contribution in [0.1, 0.15) is 90.4 Å². The van der Waals surface area contributed by atoms with E-state index in [0.717, 1.165) is 12.8 Å². The van der Waals surface area contributed by atoms with Crippen LogP contribution in [0.25, 0.3) is 0 Å². The highest BCUT2D eigenvalue weighted by atomic mass is 16.5. The molecule has 0 radical (unpaired) electrons. The fourth-order valence-electron chi connectivity index (χ4n) is 2.47. The first-order valence-electron chi connectivity index (χ1n) is 9.25. The van der Waals surface area contributed by atoms with Crippen LogP contribution in [0.3, 0.4) is 0 Å². The number of rotatable bonds is 16. The fourth-order valence-corrected chi connectivity index (χ4v) is 2.47. The molecular weight excluding hydrogens is 272 g/mol. The average Bonchev–Trinajstić information content (AvgIpc) is 2.54. The van der Waals surface area contributed by atoms with Crippen LogP contribution >= 0.6 is 0 Å². The lowest BCUT2D eigenvalue weighted by atomic mass is 10.1. The Morgan fingerprint density at radius 2 is 1.32 bits per heavy atom. The molecule has 0 aromatic heterocycles. The van der Waals surface area contributed by atoms with Crippen molar-refractivity contribution in [1.29, 1.82) is 0 Å². The Morgan fingerprint density at radius 3 is 1.82 bits per heavy atom. The molecule has 0 saturated heterocycles. The summed E-state index contributed by atoms with van der Waals surface area (Å²) in [6.07, 6.45) is 22.6. The lowest BCUT2D eigenvalue weighted by molar-refractivity contribution is -0.137. The summed E-state index contributed by atoms with van der Waals surface area (Å²) in [4.78, 5) is 10.8. The SMILES string of the molecule is C=CC(=O)OCCCCCCCCCCCCC/C=C/CC. The molecule has 0 amide bonds.